The number of carbonyl (C=O) groups excluding carboxylic acids is 2. The van der Waals surface area contributed by atoms with Crippen molar-refractivity contribution in [2.45, 2.75) is 18.2 Å². The van der Waals surface area contributed by atoms with Gasteiger partial charge in [-0.05, 0) is 43.7 Å². The van der Waals surface area contributed by atoms with Crippen LogP contribution in [0.2, 0.25) is 0 Å². The Labute approximate surface area is 183 Å². The smallest absolute Gasteiger partial charge is 0.243 e. The maximum Gasteiger partial charge on any atom is 0.243 e. The molecule has 0 radical (unpaired) electrons. The molecule has 7 nitrogen and oxygen atoms in total. The lowest BCUT2D eigenvalue weighted by Crippen LogP contribution is -2.35. The number of rotatable bonds is 8. The van der Waals surface area contributed by atoms with Crippen molar-refractivity contribution in [3.05, 3.63) is 59.7 Å². The number of nitrogens with one attached hydrogen (secondary N) is 2. The molecule has 0 bridgehead atoms. The summed E-state index contributed by atoms with van der Waals surface area (Å²) >= 11 is 2.69. The predicted molar refractivity (Wildman–Crippen MR) is 123 cm³/mol. The summed E-state index contributed by atoms with van der Waals surface area (Å²) in [7, 11) is 1.61. The van der Waals surface area contributed by atoms with Crippen molar-refractivity contribution in [1.82, 2.24) is 15.1 Å². The van der Waals surface area contributed by atoms with Crippen LogP contribution in [0.1, 0.15) is 11.1 Å². The zero-order valence-electron chi connectivity index (χ0n) is 17.0. The standard InChI is InChI=1S/C21H23N5O2S2/c1-14-7-9-16(10-8-14)22-18(27)12-26(3)19(28)13-29-21-25-24-20(30-21)23-17-6-4-5-15(2)11-17/h4-11H,12-13H2,1-3H3,(H,22,27)(H,23,24). The molecule has 2 amide bonds. The van der Waals surface area contributed by atoms with E-state index in [1.165, 1.54) is 28.0 Å². The van der Waals surface area contributed by atoms with Crippen molar-refractivity contribution in [3.8, 4) is 0 Å². The fraction of sp³-hybridized carbons (Fsp3) is 0.238. The van der Waals surface area contributed by atoms with E-state index < -0.39 is 0 Å². The first-order valence-electron chi connectivity index (χ1n) is 9.29. The van der Waals surface area contributed by atoms with Crippen molar-refractivity contribution in [3.63, 3.8) is 0 Å². The number of likely N-dealkylation sites (N-methyl/N-ethyl adjacent to an activating group) is 1. The van der Waals surface area contributed by atoms with Crippen LogP contribution in [-0.4, -0.2) is 46.3 Å². The molecule has 0 atom stereocenters. The summed E-state index contributed by atoms with van der Waals surface area (Å²) in [4.78, 5) is 25.9. The topological polar surface area (TPSA) is 87.2 Å². The largest absolute Gasteiger partial charge is 0.336 e. The molecule has 0 unspecified atom stereocenters. The van der Waals surface area contributed by atoms with Gasteiger partial charge in [-0.15, -0.1) is 10.2 Å². The Morgan fingerprint density at radius 3 is 2.53 bits per heavy atom. The second kappa shape index (κ2) is 10.2. The monoisotopic (exact) mass is 441 g/mol. The Morgan fingerprint density at radius 2 is 1.80 bits per heavy atom. The van der Waals surface area contributed by atoms with Crippen LogP contribution in [0.4, 0.5) is 16.5 Å². The second-order valence-electron chi connectivity index (χ2n) is 6.82. The van der Waals surface area contributed by atoms with E-state index in [0.29, 0.717) is 15.2 Å². The van der Waals surface area contributed by atoms with Crippen LogP contribution in [-0.2, 0) is 9.59 Å². The number of carbonyl (C=O) groups is 2. The Balaban J connectivity index is 1.45. The molecule has 30 heavy (non-hydrogen) atoms. The molecule has 1 heterocycles. The number of aromatic nitrogens is 2. The normalized spacial score (nSPS) is 10.5. The van der Waals surface area contributed by atoms with Gasteiger partial charge in [-0.1, -0.05) is 52.9 Å². The summed E-state index contributed by atoms with van der Waals surface area (Å²) in [5.41, 5.74) is 3.92. The van der Waals surface area contributed by atoms with Crippen molar-refractivity contribution in [2.24, 2.45) is 0 Å². The minimum Gasteiger partial charge on any atom is -0.336 e. The third kappa shape index (κ3) is 6.57. The molecule has 0 saturated heterocycles. The quantitative estimate of drug-likeness (QED) is 0.512. The first kappa shape index (κ1) is 21.8. The van der Waals surface area contributed by atoms with Gasteiger partial charge in [0.2, 0.25) is 16.9 Å². The molecule has 0 saturated carbocycles. The highest BCUT2D eigenvalue weighted by molar-refractivity contribution is 8.01. The summed E-state index contributed by atoms with van der Waals surface area (Å²) in [5.74, 6) is -0.198. The molecular formula is C21H23N5O2S2. The third-order valence-corrected chi connectivity index (χ3v) is 6.09. The van der Waals surface area contributed by atoms with Crippen molar-refractivity contribution in [2.75, 3.05) is 30.0 Å². The molecule has 0 aliphatic heterocycles. The van der Waals surface area contributed by atoms with E-state index in [4.69, 9.17) is 0 Å². The number of anilines is 3. The van der Waals surface area contributed by atoms with E-state index in [1.54, 1.807) is 7.05 Å². The number of benzene rings is 2. The molecule has 0 spiro atoms. The molecule has 2 aromatic carbocycles. The van der Waals surface area contributed by atoms with Gasteiger partial charge in [0.05, 0.1) is 12.3 Å². The molecule has 3 aromatic rings. The van der Waals surface area contributed by atoms with E-state index in [2.05, 4.69) is 20.8 Å². The zero-order valence-corrected chi connectivity index (χ0v) is 18.6. The molecule has 1 aromatic heterocycles. The van der Waals surface area contributed by atoms with E-state index in [1.807, 2.05) is 62.4 Å². The lowest BCUT2D eigenvalue weighted by molar-refractivity contribution is -0.131. The number of amides is 2. The van der Waals surface area contributed by atoms with Gasteiger partial charge in [0, 0.05) is 18.4 Å². The number of thioether (sulfide) groups is 1. The SMILES string of the molecule is Cc1ccc(NC(=O)CN(C)C(=O)CSc2nnc(Nc3cccc(C)c3)s2)cc1. The number of hydrogen-bond acceptors (Lipinski definition) is 7. The number of hydrogen-bond donors (Lipinski definition) is 2. The van der Waals surface area contributed by atoms with Gasteiger partial charge in [0.25, 0.3) is 0 Å². The Kier molecular flexibility index (Phi) is 7.42. The number of aryl methyl sites for hydroxylation is 2. The van der Waals surface area contributed by atoms with Crippen molar-refractivity contribution >= 4 is 51.4 Å². The third-order valence-electron chi connectivity index (χ3n) is 4.14. The van der Waals surface area contributed by atoms with Crippen LogP contribution in [0.15, 0.2) is 52.9 Å². The molecule has 2 N–H and O–H groups in total. The van der Waals surface area contributed by atoms with E-state index in [0.717, 1.165) is 16.8 Å². The Hall–Kier alpha value is -2.91. The minimum atomic E-state index is -0.236. The highest BCUT2D eigenvalue weighted by Crippen LogP contribution is 2.28. The van der Waals surface area contributed by atoms with Crippen LogP contribution in [0.5, 0.6) is 0 Å². The second-order valence-corrected chi connectivity index (χ2v) is 9.02. The van der Waals surface area contributed by atoms with Gasteiger partial charge in [-0.2, -0.15) is 0 Å². The van der Waals surface area contributed by atoms with Crippen LogP contribution in [0.25, 0.3) is 0 Å². The average Bonchev–Trinajstić information content (AvgIpc) is 3.15. The van der Waals surface area contributed by atoms with Crippen LogP contribution >= 0.6 is 23.1 Å². The summed E-state index contributed by atoms with van der Waals surface area (Å²) in [6.45, 7) is 3.99. The van der Waals surface area contributed by atoms with Gasteiger partial charge in [-0.25, -0.2) is 0 Å². The maximum atomic E-state index is 12.4. The molecular weight excluding hydrogens is 418 g/mol. The summed E-state index contributed by atoms with van der Waals surface area (Å²) < 4.78 is 0.691. The molecule has 0 fully saturated rings. The summed E-state index contributed by atoms with van der Waals surface area (Å²) in [5, 5.41) is 14.9. The van der Waals surface area contributed by atoms with Crippen molar-refractivity contribution in [1.29, 1.82) is 0 Å². The van der Waals surface area contributed by atoms with Crippen LogP contribution in [0, 0.1) is 13.8 Å². The minimum absolute atomic E-state index is 0.0104. The van der Waals surface area contributed by atoms with Crippen LogP contribution < -0.4 is 10.6 Å². The molecule has 9 heteroatoms. The van der Waals surface area contributed by atoms with E-state index in [-0.39, 0.29) is 24.1 Å². The van der Waals surface area contributed by atoms with Gasteiger partial charge in [-0.3, -0.25) is 9.59 Å². The summed E-state index contributed by atoms with van der Waals surface area (Å²) in [6, 6.07) is 15.5. The fourth-order valence-electron chi connectivity index (χ4n) is 2.54. The molecule has 156 valence electrons. The molecule has 0 aliphatic rings. The average molecular weight is 442 g/mol. The predicted octanol–water partition coefficient (Wildman–Crippen LogP) is 4.09. The summed E-state index contributed by atoms with van der Waals surface area (Å²) in [6.07, 6.45) is 0. The first-order chi connectivity index (χ1) is 14.4. The first-order valence-corrected chi connectivity index (χ1v) is 11.1. The molecule has 0 aliphatic carbocycles. The Bertz CT molecular complexity index is 1020. The lowest BCUT2D eigenvalue weighted by atomic mass is 10.2. The van der Waals surface area contributed by atoms with E-state index in [9.17, 15) is 9.59 Å². The highest BCUT2D eigenvalue weighted by Gasteiger charge is 2.15. The van der Waals surface area contributed by atoms with Crippen molar-refractivity contribution < 1.29 is 9.59 Å². The highest BCUT2D eigenvalue weighted by atomic mass is 32.2. The van der Waals surface area contributed by atoms with Gasteiger partial charge in [0.15, 0.2) is 4.34 Å². The maximum absolute atomic E-state index is 12.4. The van der Waals surface area contributed by atoms with Gasteiger partial charge < -0.3 is 15.5 Å². The van der Waals surface area contributed by atoms with Gasteiger partial charge >= 0.3 is 0 Å². The zero-order chi connectivity index (χ0) is 21.5. The van der Waals surface area contributed by atoms with Gasteiger partial charge in [0.1, 0.15) is 0 Å². The fourth-order valence-corrected chi connectivity index (χ4v) is 4.25. The molecule has 3 rings (SSSR count). The van der Waals surface area contributed by atoms with Crippen LogP contribution in [0.3, 0.4) is 0 Å². The Morgan fingerprint density at radius 1 is 1.03 bits per heavy atom. The number of nitrogens with zero attached hydrogens (tertiary/aromatic N) is 3. The van der Waals surface area contributed by atoms with E-state index >= 15 is 0 Å². The lowest BCUT2D eigenvalue weighted by Gasteiger charge is -2.16.